The maximum Gasteiger partial charge on any atom is 0.154 e. The molecule has 0 spiro atoms. The summed E-state index contributed by atoms with van der Waals surface area (Å²) in [6.45, 7) is 1.89. The molecule has 1 fully saturated rings. The van der Waals surface area contributed by atoms with Crippen LogP contribution < -0.4 is 0 Å². The van der Waals surface area contributed by atoms with Crippen molar-refractivity contribution in [3.8, 4) is 0 Å². The van der Waals surface area contributed by atoms with Gasteiger partial charge in [-0.05, 0) is 13.3 Å². The number of hydrogen-bond acceptors (Lipinski definition) is 2. The second kappa shape index (κ2) is 2.14. The van der Waals surface area contributed by atoms with Crippen molar-refractivity contribution in [3.05, 3.63) is 11.6 Å². The summed E-state index contributed by atoms with van der Waals surface area (Å²) in [6.07, 6.45) is 2.64. The van der Waals surface area contributed by atoms with Gasteiger partial charge < -0.3 is 0 Å². The van der Waals surface area contributed by atoms with Gasteiger partial charge in [-0.25, -0.2) is 8.42 Å². The van der Waals surface area contributed by atoms with Crippen molar-refractivity contribution in [2.24, 2.45) is 0 Å². The van der Waals surface area contributed by atoms with Crippen molar-refractivity contribution in [2.45, 2.75) is 13.3 Å². The van der Waals surface area contributed by atoms with Gasteiger partial charge in [0, 0.05) is 0 Å². The molecule has 1 aliphatic rings. The van der Waals surface area contributed by atoms with Crippen LogP contribution in [0.3, 0.4) is 0 Å². The molecule has 1 aliphatic heterocycles. The van der Waals surface area contributed by atoms with Gasteiger partial charge in [0.15, 0.2) is 9.84 Å². The van der Waals surface area contributed by atoms with Crippen molar-refractivity contribution in [1.82, 2.24) is 0 Å². The van der Waals surface area contributed by atoms with Crippen LogP contribution in [0, 0.1) is 0 Å². The summed E-state index contributed by atoms with van der Waals surface area (Å²) in [4.78, 5) is 0. The molecule has 0 bridgehead atoms. The Hall–Kier alpha value is -0.310. The van der Waals surface area contributed by atoms with E-state index in [1.807, 2.05) is 13.0 Å². The van der Waals surface area contributed by atoms with Crippen molar-refractivity contribution in [2.75, 3.05) is 11.5 Å². The summed E-state index contributed by atoms with van der Waals surface area (Å²) in [5.41, 5.74) is 1.06. The van der Waals surface area contributed by atoms with Crippen LogP contribution in [-0.4, -0.2) is 19.9 Å². The van der Waals surface area contributed by atoms with Crippen LogP contribution in [0.25, 0.3) is 0 Å². The second-order valence-corrected chi connectivity index (χ2v) is 4.47. The van der Waals surface area contributed by atoms with Gasteiger partial charge in [-0.1, -0.05) is 11.6 Å². The van der Waals surface area contributed by atoms with E-state index in [9.17, 15) is 8.42 Å². The molecule has 0 aromatic rings. The Labute approximate surface area is 55.5 Å². The van der Waals surface area contributed by atoms with E-state index in [0.29, 0.717) is 11.5 Å². The Morgan fingerprint density at radius 3 is 2.44 bits per heavy atom. The Kier molecular flexibility index (Phi) is 1.62. The molecule has 0 unspecified atom stereocenters. The zero-order valence-electron chi connectivity index (χ0n) is 5.42. The highest BCUT2D eigenvalue weighted by atomic mass is 32.2. The first-order valence-corrected chi connectivity index (χ1v) is 4.81. The highest BCUT2D eigenvalue weighted by Crippen LogP contribution is 2.16. The van der Waals surface area contributed by atoms with Crippen LogP contribution in [0.15, 0.2) is 11.6 Å². The molecular weight excluding hydrogens is 136 g/mol. The van der Waals surface area contributed by atoms with E-state index in [1.54, 1.807) is 0 Å². The topological polar surface area (TPSA) is 34.1 Å². The van der Waals surface area contributed by atoms with Crippen molar-refractivity contribution >= 4 is 9.84 Å². The molecule has 0 saturated carbocycles. The maximum absolute atomic E-state index is 10.8. The average molecular weight is 146 g/mol. The minimum atomic E-state index is -2.68. The molecule has 52 valence electrons. The lowest BCUT2D eigenvalue weighted by atomic mass is 10.2. The van der Waals surface area contributed by atoms with E-state index in [4.69, 9.17) is 0 Å². The molecule has 0 aromatic carbocycles. The van der Waals surface area contributed by atoms with Crippen LogP contribution in [0.2, 0.25) is 0 Å². The molecule has 9 heavy (non-hydrogen) atoms. The lowest BCUT2D eigenvalue weighted by Crippen LogP contribution is -1.99. The van der Waals surface area contributed by atoms with Gasteiger partial charge in [0.05, 0.1) is 11.5 Å². The summed E-state index contributed by atoms with van der Waals surface area (Å²) in [5, 5.41) is 0. The van der Waals surface area contributed by atoms with E-state index in [-0.39, 0.29) is 0 Å². The summed E-state index contributed by atoms with van der Waals surface area (Å²) in [6, 6.07) is 0. The quantitative estimate of drug-likeness (QED) is 0.473. The Balaban J connectivity index is 2.81. The molecule has 0 aromatic heterocycles. The first kappa shape index (κ1) is 6.81. The van der Waals surface area contributed by atoms with Gasteiger partial charge in [-0.2, -0.15) is 0 Å². The number of hydrogen-bond donors (Lipinski definition) is 0. The van der Waals surface area contributed by atoms with E-state index in [2.05, 4.69) is 0 Å². The summed E-state index contributed by atoms with van der Waals surface area (Å²) in [5.74, 6) is 0.649. The molecule has 0 atom stereocenters. The van der Waals surface area contributed by atoms with Crippen LogP contribution in [0.5, 0.6) is 0 Å². The first-order valence-electron chi connectivity index (χ1n) is 2.98. The molecule has 0 radical (unpaired) electrons. The molecule has 0 N–H and O–H groups in total. The molecule has 0 aliphatic carbocycles. The van der Waals surface area contributed by atoms with Gasteiger partial charge in [0.25, 0.3) is 0 Å². The monoisotopic (exact) mass is 146 g/mol. The van der Waals surface area contributed by atoms with Crippen LogP contribution in [-0.2, 0) is 9.84 Å². The third kappa shape index (κ3) is 1.55. The minimum Gasteiger partial charge on any atom is -0.228 e. The predicted molar refractivity (Wildman–Crippen MR) is 37.0 cm³/mol. The smallest absolute Gasteiger partial charge is 0.154 e. The Bertz CT molecular complexity index is 223. The number of rotatable bonds is 0. The second-order valence-electron chi connectivity index (χ2n) is 2.29. The number of allylic oxidation sites excluding steroid dienone is 1. The highest BCUT2D eigenvalue weighted by molar-refractivity contribution is 7.91. The zero-order chi connectivity index (χ0) is 6.91. The maximum atomic E-state index is 10.8. The van der Waals surface area contributed by atoms with E-state index >= 15 is 0 Å². The van der Waals surface area contributed by atoms with Crippen LogP contribution in [0.1, 0.15) is 13.3 Å². The molecule has 1 heterocycles. The van der Waals surface area contributed by atoms with Crippen LogP contribution in [0.4, 0.5) is 0 Å². The minimum absolute atomic E-state index is 0.295. The third-order valence-electron chi connectivity index (χ3n) is 1.55. The lowest BCUT2D eigenvalue weighted by molar-refractivity contribution is 0.602. The highest BCUT2D eigenvalue weighted by Gasteiger charge is 2.20. The molecule has 3 heteroatoms. The summed E-state index contributed by atoms with van der Waals surface area (Å²) >= 11 is 0. The fraction of sp³-hybridized carbons (Fsp3) is 0.667. The predicted octanol–water partition coefficient (Wildman–Crippen LogP) is 0.751. The Morgan fingerprint density at radius 2 is 2.22 bits per heavy atom. The average Bonchev–Trinajstić information content (AvgIpc) is 2.10. The molecular formula is C6H10O2S. The zero-order valence-corrected chi connectivity index (χ0v) is 6.24. The number of sulfone groups is 1. The standard InChI is InChI=1S/C6H10O2S/c1-2-6-3-4-9(7,8)5-6/h2H,3-5H2,1H3/b6-2+. The normalized spacial score (nSPS) is 29.2. The molecule has 2 nitrogen and oxygen atoms in total. The van der Waals surface area contributed by atoms with Gasteiger partial charge in [-0.3, -0.25) is 0 Å². The van der Waals surface area contributed by atoms with Crippen LogP contribution >= 0.6 is 0 Å². The van der Waals surface area contributed by atoms with Gasteiger partial charge in [0.2, 0.25) is 0 Å². The van der Waals surface area contributed by atoms with Crippen molar-refractivity contribution < 1.29 is 8.42 Å². The van der Waals surface area contributed by atoms with E-state index < -0.39 is 9.84 Å². The lowest BCUT2D eigenvalue weighted by Gasteiger charge is -1.85. The van der Waals surface area contributed by atoms with Gasteiger partial charge in [-0.15, -0.1) is 0 Å². The van der Waals surface area contributed by atoms with Crippen molar-refractivity contribution in [3.63, 3.8) is 0 Å². The van der Waals surface area contributed by atoms with Gasteiger partial charge >= 0.3 is 0 Å². The molecule has 1 rings (SSSR count). The first-order chi connectivity index (χ1) is 4.14. The fourth-order valence-electron chi connectivity index (χ4n) is 0.941. The molecule has 0 amide bonds. The fourth-order valence-corrected chi connectivity index (χ4v) is 2.53. The summed E-state index contributed by atoms with van der Waals surface area (Å²) < 4.78 is 21.5. The largest absolute Gasteiger partial charge is 0.228 e. The van der Waals surface area contributed by atoms with E-state index in [1.165, 1.54) is 0 Å². The Morgan fingerprint density at radius 1 is 1.56 bits per heavy atom. The molecule has 1 saturated heterocycles. The van der Waals surface area contributed by atoms with Crippen molar-refractivity contribution in [1.29, 1.82) is 0 Å². The van der Waals surface area contributed by atoms with Gasteiger partial charge in [0.1, 0.15) is 0 Å². The third-order valence-corrected chi connectivity index (χ3v) is 3.18. The SMILES string of the molecule is C/C=C1\CCS(=O)(=O)C1. The summed E-state index contributed by atoms with van der Waals surface area (Å²) in [7, 11) is -2.68. The van der Waals surface area contributed by atoms with E-state index in [0.717, 1.165) is 12.0 Å².